The summed E-state index contributed by atoms with van der Waals surface area (Å²) in [6.45, 7) is 2.70. The van der Waals surface area contributed by atoms with Crippen LogP contribution >= 0.6 is 0 Å². The SMILES string of the molecule is Cc1ccc(-c2cc(C(=O)NC3CCCNC3=O)c3ccccc3n2)cc1. The number of carbonyl (C=O) groups is 2. The fourth-order valence-electron chi connectivity index (χ4n) is 3.38. The number of carbonyl (C=O) groups excluding carboxylic acids is 2. The second-order valence-electron chi connectivity index (χ2n) is 6.90. The van der Waals surface area contributed by atoms with Crippen molar-refractivity contribution >= 4 is 22.7 Å². The molecule has 1 aromatic heterocycles. The zero-order valence-electron chi connectivity index (χ0n) is 15.2. The number of hydrogen-bond donors (Lipinski definition) is 2. The molecular weight excluding hydrogens is 338 g/mol. The predicted octanol–water partition coefficient (Wildman–Crippen LogP) is 3.22. The van der Waals surface area contributed by atoms with Crippen LogP contribution in [0.4, 0.5) is 0 Å². The molecule has 1 saturated heterocycles. The molecule has 136 valence electrons. The van der Waals surface area contributed by atoms with E-state index in [-0.39, 0.29) is 11.8 Å². The van der Waals surface area contributed by atoms with Crippen molar-refractivity contribution in [2.75, 3.05) is 6.54 Å². The molecule has 1 aliphatic rings. The van der Waals surface area contributed by atoms with Crippen molar-refractivity contribution in [1.29, 1.82) is 0 Å². The molecule has 1 unspecified atom stereocenters. The van der Waals surface area contributed by atoms with Gasteiger partial charge in [0.25, 0.3) is 5.91 Å². The van der Waals surface area contributed by atoms with Crippen LogP contribution in [-0.4, -0.2) is 29.4 Å². The molecule has 2 heterocycles. The zero-order chi connectivity index (χ0) is 18.8. The third kappa shape index (κ3) is 3.53. The summed E-state index contributed by atoms with van der Waals surface area (Å²) in [7, 11) is 0. The van der Waals surface area contributed by atoms with Crippen molar-refractivity contribution in [1.82, 2.24) is 15.6 Å². The maximum atomic E-state index is 13.0. The molecule has 0 aliphatic carbocycles. The van der Waals surface area contributed by atoms with E-state index in [9.17, 15) is 9.59 Å². The lowest BCUT2D eigenvalue weighted by molar-refractivity contribution is -0.124. The minimum Gasteiger partial charge on any atom is -0.354 e. The van der Waals surface area contributed by atoms with Crippen LogP contribution in [0.15, 0.2) is 54.6 Å². The van der Waals surface area contributed by atoms with Gasteiger partial charge in [0.15, 0.2) is 0 Å². The van der Waals surface area contributed by atoms with Gasteiger partial charge in [0.2, 0.25) is 5.91 Å². The van der Waals surface area contributed by atoms with Crippen LogP contribution in [0.2, 0.25) is 0 Å². The molecule has 0 spiro atoms. The number of para-hydroxylation sites is 1. The van der Waals surface area contributed by atoms with E-state index in [2.05, 4.69) is 10.6 Å². The molecule has 1 aliphatic heterocycles. The molecule has 27 heavy (non-hydrogen) atoms. The minimum atomic E-state index is -0.485. The zero-order valence-corrected chi connectivity index (χ0v) is 15.2. The van der Waals surface area contributed by atoms with Crippen molar-refractivity contribution in [3.63, 3.8) is 0 Å². The monoisotopic (exact) mass is 359 g/mol. The molecule has 4 rings (SSSR count). The van der Waals surface area contributed by atoms with Crippen molar-refractivity contribution in [2.24, 2.45) is 0 Å². The van der Waals surface area contributed by atoms with E-state index in [1.165, 1.54) is 5.56 Å². The number of nitrogens with one attached hydrogen (secondary N) is 2. The third-order valence-electron chi connectivity index (χ3n) is 4.90. The molecule has 1 atom stereocenters. The highest BCUT2D eigenvalue weighted by Gasteiger charge is 2.25. The van der Waals surface area contributed by atoms with Crippen LogP contribution in [0.5, 0.6) is 0 Å². The number of hydrogen-bond acceptors (Lipinski definition) is 3. The van der Waals surface area contributed by atoms with Crippen LogP contribution in [-0.2, 0) is 4.79 Å². The van der Waals surface area contributed by atoms with Gasteiger partial charge in [-0.3, -0.25) is 9.59 Å². The topological polar surface area (TPSA) is 71.1 Å². The Hall–Kier alpha value is -3.21. The van der Waals surface area contributed by atoms with E-state index in [1.807, 2.05) is 61.5 Å². The summed E-state index contributed by atoms with van der Waals surface area (Å²) in [6, 6.07) is 17.0. The Bertz CT molecular complexity index is 1010. The second-order valence-corrected chi connectivity index (χ2v) is 6.90. The molecule has 5 nitrogen and oxygen atoms in total. The first-order valence-electron chi connectivity index (χ1n) is 9.17. The fourth-order valence-corrected chi connectivity index (χ4v) is 3.38. The Labute approximate surface area is 157 Å². The Kier molecular flexibility index (Phi) is 4.59. The third-order valence-corrected chi connectivity index (χ3v) is 4.90. The Morgan fingerprint density at radius 3 is 2.70 bits per heavy atom. The van der Waals surface area contributed by atoms with Gasteiger partial charge in [-0.1, -0.05) is 48.0 Å². The van der Waals surface area contributed by atoms with Gasteiger partial charge in [0.1, 0.15) is 6.04 Å². The smallest absolute Gasteiger partial charge is 0.252 e. The summed E-state index contributed by atoms with van der Waals surface area (Å²) in [5.41, 5.74) is 4.16. The van der Waals surface area contributed by atoms with E-state index < -0.39 is 6.04 Å². The van der Waals surface area contributed by atoms with Gasteiger partial charge in [0, 0.05) is 17.5 Å². The van der Waals surface area contributed by atoms with Crippen LogP contribution in [0.1, 0.15) is 28.8 Å². The lowest BCUT2D eigenvalue weighted by Gasteiger charge is -2.23. The highest BCUT2D eigenvalue weighted by Crippen LogP contribution is 2.25. The number of rotatable bonds is 3. The maximum Gasteiger partial charge on any atom is 0.252 e. The van der Waals surface area contributed by atoms with Crippen molar-refractivity contribution in [3.8, 4) is 11.3 Å². The minimum absolute atomic E-state index is 0.119. The highest BCUT2D eigenvalue weighted by atomic mass is 16.2. The fraction of sp³-hybridized carbons (Fsp3) is 0.227. The van der Waals surface area contributed by atoms with Crippen LogP contribution in [0.3, 0.4) is 0 Å². The van der Waals surface area contributed by atoms with Gasteiger partial charge in [-0.25, -0.2) is 4.98 Å². The lowest BCUT2D eigenvalue weighted by Crippen LogP contribution is -2.50. The summed E-state index contributed by atoms with van der Waals surface area (Å²) in [5.74, 6) is -0.365. The molecule has 5 heteroatoms. The van der Waals surface area contributed by atoms with Crippen LogP contribution in [0, 0.1) is 6.92 Å². The first-order chi connectivity index (χ1) is 13.1. The molecule has 2 amide bonds. The number of amides is 2. The van der Waals surface area contributed by atoms with Gasteiger partial charge in [-0.05, 0) is 31.9 Å². The van der Waals surface area contributed by atoms with Gasteiger partial charge in [0.05, 0.1) is 16.8 Å². The second kappa shape index (κ2) is 7.19. The van der Waals surface area contributed by atoms with Gasteiger partial charge in [-0.2, -0.15) is 0 Å². The quantitative estimate of drug-likeness (QED) is 0.754. The maximum absolute atomic E-state index is 13.0. The molecule has 0 radical (unpaired) electrons. The number of piperidine rings is 1. The van der Waals surface area contributed by atoms with E-state index >= 15 is 0 Å². The number of fused-ring (bicyclic) bond motifs is 1. The molecule has 2 N–H and O–H groups in total. The Morgan fingerprint density at radius 2 is 1.93 bits per heavy atom. The van der Waals surface area contributed by atoms with Crippen molar-refractivity contribution in [2.45, 2.75) is 25.8 Å². The summed E-state index contributed by atoms with van der Waals surface area (Å²) < 4.78 is 0. The molecule has 3 aromatic rings. The first kappa shape index (κ1) is 17.2. The molecular formula is C22H21N3O2. The number of nitrogens with zero attached hydrogens (tertiary/aromatic N) is 1. The first-order valence-corrected chi connectivity index (χ1v) is 9.17. The lowest BCUT2D eigenvalue weighted by atomic mass is 10.0. The summed E-state index contributed by atoms with van der Waals surface area (Å²) in [4.78, 5) is 29.7. The van der Waals surface area contributed by atoms with Gasteiger partial charge in [-0.15, -0.1) is 0 Å². The molecule has 1 fully saturated rings. The number of pyridine rings is 1. The predicted molar refractivity (Wildman–Crippen MR) is 105 cm³/mol. The van der Waals surface area contributed by atoms with E-state index in [0.717, 1.165) is 28.6 Å². The van der Waals surface area contributed by atoms with E-state index in [4.69, 9.17) is 4.98 Å². The molecule has 0 saturated carbocycles. The average molecular weight is 359 g/mol. The van der Waals surface area contributed by atoms with Crippen molar-refractivity contribution < 1.29 is 9.59 Å². The van der Waals surface area contributed by atoms with E-state index in [0.29, 0.717) is 18.5 Å². The number of aryl methyl sites for hydroxylation is 1. The normalized spacial score (nSPS) is 16.8. The Morgan fingerprint density at radius 1 is 1.15 bits per heavy atom. The number of benzene rings is 2. The highest BCUT2D eigenvalue weighted by molar-refractivity contribution is 6.08. The van der Waals surface area contributed by atoms with E-state index in [1.54, 1.807) is 0 Å². The van der Waals surface area contributed by atoms with Gasteiger partial charge >= 0.3 is 0 Å². The summed E-state index contributed by atoms with van der Waals surface area (Å²) in [5, 5.41) is 6.47. The van der Waals surface area contributed by atoms with Gasteiger partial charge < -0.3 is 10.6 Å². The van der Waals surface area contributed by atoms with Crippen molar-refractivity contribution in [3.05, 3.63) is 65.7 Å². The Balaban J connectivity index is 1.75. The largest absolute Gasteiger partial charge is 0.354 e. The molecule has 2 aromatic carbocycles. The molecule has 0 bridgehead atoms. The van der Waals surface area contributed by atoms with Crippen LogP contribution in [0.25, 0.3) is 22.2 Å². The average Bonchev–Trinajstić information content (AvgIpc) is 2.69. The van der Waals surface area contributed by atoms with Crippen LogP contribution < -0.4 is 10.6 Å². The summed E-state index contributed by atoms with van der Waals surface area (Å²) in [6.07, 6.45) is 1.52. The standard InChI is InChI=1S/C22H21N3O2/c1-14-8-10-15(11-9-14)20-13-17(16-5-2-3-6-18(16)24-20)21(26)25-19-7-4-12-23-22(19)27/h2-3,5-6,8-11,13,19H,4,7,12H2,1H3,(H,23,27)(H,25,26). The summed E-state index contributed by atoms with van der Waals surface area (Å²) >= 11 is 0. The number of aromatic nitrogens is 1.